The normalized spacial score (nSPS) is 19.1. The number of hydrogen-bond acceptors (Lipinski definition) is 3. The van der Waals surface area contributed by atoms with Crippen molar-refractivity contribution in [2.45, 2.75) is 44.3 Å². The van der Waals surface area contributed by atoms with Gasteiger partial charge >= 0.3 is 6.61 Å². The Hall–Kier alpha value is -1.83. The molecule has 1 saturated carbocycles. The largest absolute Gasteiger partial charge is 0.435 e. The van der Waals surface area contributed by atoms with Crippen LogP contribution in [0.15, 0.2) is 24.3 Å². The fourth-order valence-corrected chi connectivity index (χ4v) is 2.63. The maximum Gasteiger partial charge on any atom is 0.387 e. The van der Waals surface area contributed by atoms with E-state index in [1.165, 1.54) is 24.3 Å². The first kappa shape index (κ1) is 18.5. The summed E-state index contributed by atoms with van der Waals surface area (Å²) in [6.07, 6.45) is -1.40. The molecule has 134 valence electrons. The van der Waals surface area contributed by atoms with Crippen LogP contribution in [0.4, 0.5) is 17.6 Å². The van der Waals surface area contributed by atoms with Crippen molar-refractivity contribution in [2.24, 2.45) is 5.92 Å². The maximum atomic E-state index is 13.1. The average molecular weight is 349 g/mol. The molecule has 0 spiro atoms. The van der Waals surface area contributed by atoms with E-state index in [4.69, 9.17) is 0 Å². The zero-order valence-corrected chi connectivity index (χ0v) is 12.9. The van der Waals surface area contributed by atoms with Crippen LogP contribution in [0.25, 0.3) is 0 Å². The van der Waals surface area contributed by atoms with Crippen molar-refractivity contribution >= 4 is 5.91 Å². The van der Waals surface area contributed by atoms with Gasteiger partial charge in [-0.05, 0) is 30.5 Å². The molecule has 1 fully saturated rings. The second kappa shape index (κ2) is 7.83. The van der Waals surface area contributed by atoms with Crippen LogP contribution in [-0.2, 0) is 4.79 Å². The number of nitrogens with one attached hydrogen (secondary N) is 1. The highest BCUT2D eigenvalue weighted by Gasteiger charge is 2.37. The third-order valence-corrected chi connectivity index (χ3v) is 4.05. The molecule has 1 aliphatic rings. The van der Waals surface area contributed by atoms with Gasteiger partial charge in [0, 0.05) is 25.3 Å². The number of rotatable bonds is 6. The predicted molar refractivity (Wildman–Crippen MR) is 77.9 cm³/mol. The Morgan fingerprint density at radius 1 is 1.25 bits per heavy atom. The topological polar surface area (TPSA) is 58.6 Å². The number of alkyl halides is 4. The quantitative estimate of drug-likeness (QED) is 0.775. The molecule has 2 N–H and O–H groups in total. The molecule has 1 aliphatic carbocycles. The molecule has 8 heteroatoms. The highest BCUT2D eigenvalue weighted by molar-refractivity contribution is 5.78. The number of ether oxygens (including phenoxy) is 1. The summed E-state index contributed by atoms with van der Waals surface area (Å²) in [7, 11) is 0. The van der Waals surface area contributed by atoms with Gasteiger partial charge in [0.15, 0.2) is 0 Å². The molecule has 1 aromatic carbocycles. The van der Waals surface area contributed by atoms with Crippen molar-refractivity contribution < 1.29 is 32.2 Å². The fraction of sp³-hybridized carbons (Fsp3) is 0.562. The van der Waals surface area contributed by atoms with E-state index in [1.807, 2.05) is 0 Å². The number of amides is 1. The first-order valence-corrected chi connectivity index (χ1v) is 7.65. The monoisotopic (exact) mass is 349 g/mol. The van der Waals surface area contributed by atoms with Crippen molar-refractivity contribution in [3.8, 4) is 5.75 Å². The first-order chi connectivity index (χ1) is 11.3. The molecule has 0 aliphatic heterocycles. The second-order valence-corrected chi connectivity index (χ2v) is 5.84. The first-order valence-electron chi connectivity index (χ1n) is 7.65. The van der Waals surface area contributed by atoms with Crippen molar-refractivity contribution in [3.63, 3.8) is 0 Å². The number of aliphatic hydroxyl groups is 1. The van der Waals surface area contributed by atoms with Gasteiger partial charge in [0.1, 0.15) is 5.75 Å². The number of carbonyl (C=O) groups excluding carboxylic acids is 1. The molecule has 0 radical (unpaired) electrons. The summed E-state index contributed by atoms with van der Waals surface area (Å²) in [5, 5.41) is 12.5. The van der Waals surface area contributed by atoms with E-state index in [9.17, 15) is 27.5 Å². The van der Waals surface area contributed by atoms with E-state index in [0.717, 1.165) is 0 Å². The standard InChI is InChI=1S/C16H19F4NO3/c17-15(18)24-12-3-1-10(2-4-12)13(22)9-21-14(23)11-5-7-16(19,20)8-6-11/h1-4,11,13,15,22H,5-9H2,(H,21,23). The molecule has 1 aromatic rings. The Morgan fingerprint density at radius 2 is 1.83 bits per heavy atom. The van der Waals surface area contributed by atoms with Crippen LogP contribution >= 0.6 is 0 Å². The number of benzene rings is 1. The number of carbonyl (C=O) groups is 1. The minimum absolute atomic E-state index is 0.0341. The second-order valence-electron chi connectivity index (χ2n) is 5.84. The lowest BCUT2D eigenvalue weighted by Crippen LogP contribution is -2.37. The fourth-order valence-electron chi connectivity index (χ4n) is 2.63. The Kier molecular flexibility index (Phi) is 6.04. The lowest BCUT2D eigenvalue weighted by Gasteiger charge is -2.27. The number of halogens is 4. The van der Waals surface area contributed by atoms with E-state index in [-0.39, 0.29) is 43.9 Å². The van der Waals surface area contributed by atoms with E-state index in [1.54, 1.807) is 0 Å². The Balaban J connectivity index is 1.80. The SMILES string of the molecule is O=C(NCC(O)c1ccc(OC(F)F)cc1)C1CCC(F)(F)CC1. The molecule has 0 aromatic heterocycles. The smallest absolute Gasteiger partial charge is 0.387 e. The van der Waals surface area contributed by atoms with E-state index < -0.39 is 24.6 Å². The zero-order valence-electron chi connectivity index (χ0n) is 12.9. The van der Waals surface area contributed by atoms with Crippen LogP contribution in [-0.4, -0.2) is 30.1 Å². The van der Waals surface area contributed by atoms with Gasteiger partial charge in [-0.3, -0.25) is 4.79 Å². The van der Waals surface area contributed by atoms with E-state index in [2.05, 4.69) is 10.1 Å². The van der Waals surface area contributed by atoms with Gasteiger partial charge in [0.2, 0.25) is 11.8 Å². The van der Waals surface area contributed by atoms with E-state index >= 15 is 0 Å². The average Bonchev–Trinajstić information content (AvgIpc) is 2.52. The summed E-state index contributed by atoms with van der Waals surface area (Å²) in [5.74, 6) is -3.56. The number of hydrogen-bond donors (Lipinski definition) is 2. The molecule has 24 heavy (non-hydrogen) atoms. The lowest BCUT2D eigenvalue weighted by atomic mass is 9.86. The van der Waals surface area contributed by atoms with Crippen LogP contribution in [0.3, 0.4) is 0 Å². The van der Waals surface area contributed by atoms with Crippen LogP contribution in [0.5, 0.6) is 5.75 Å². The van der Waals surface area contributed by atoms with Gasteiger partial charge in [-0.1, -0.05) is 12.1 Å². The van der Waals surface area contributed by atoms with E-state index in [0.29, 0.717) is 5.56 Å². The summed E-state index contributed by atoms with van der Waals surface area (Å²) < 4.78 is 54.4. The molecule has 1 atom stereocenters. The Bertz CT molecular complexity index is 541. The van der Waals surface area contributed by atoms with Gasteiger partial charge in [-0.15, -0.1) is 0 Å². The third kappa shape index (κ3) is 5.36. The molecule has 0 saturated heterocycles. The molecular formula is C16H19F4NO3. The molecule has 1 unspecified atom stereocenters. The summed E-state index contributed by atoms with van der Waals surface area (Å²) in [4.78, 5) is 11.9. The summed E-state index contributed by atoms with van der Waals surface area (Å²) in [6, 6.07) is 5.40. The Labute approximate surface area is 136 Å². The highest BCUT2D eigenvalue weighted by Crippen LogP contribution is 2.36. The maximum absolute atomic E-state index is 13.1. The molecule has 0 bridgehead atoms. The van der Waals surface area contributed by atoms with Crippen LogP contribution < -0.4 is 10.1 Å². The number of aliphatic hydroxyl groups excluding tert-OH is 1. The minimum atomic E-state index is -2.93. The third-order valence-electron chi connectivity index (χ3n) is 4.05. The van der Waals surface area contributed by atoms with Crippen molar-refractivity contribution in [1.82, 2.24) is 5.32 Å². The van der Waals surface area contributed by atoms with Gasteiger partial charge in [-0.25, -0.2) is 8.78 Å². The van der Waals surface area contributed by atoms with Crippen LogP contribution in [0.2, 0.25) is 0 Å². The van der Waals surface area contributed by atoms with Crippen molar-refractivity contribution in [1.29, 1.82) is 0 Å². The Morgan fingerprint density at radius 3 is 2.38 bits per heavy atom. The van der Waals surface area contributed by atoms with Crippen molar-refractivity contribution in [2.75, 3.05) is 6.54 Å². The van der Waals surface area contributed by atoms with Crippen molar-refractivity contribution in [3.05, 3.63) is 29.8 Å². The van der Waals surface area contributed by atoms with Crippen LogP contribution in [0.1, 0.15) is 37.4 Å². The summed E-state index contributed by atoms with van der Waals surface area (Å²) in [6.45, 7) is -3.01. The summed E-state index contributed by atoms with van der Waals surface area (Å²) >= 11 is 0. The predicted octanol–water partition coefficient (Wildman–Crippen LogP) is 3.26. The molecule has 1 amide bonds. The van der Waals surface area contributed by atoms with Crippen LogP contribution in [0, 0.1) is 5.92 Å². The van der Waals surface area contributed by atoms with Gasteiger partial charge in [0.25, 0.3) is 0 Å². The van der Waals surface area contributed by atoms with Gasteiger partial charge in [0.05, 0.1) is 6.10 Å². The van der Waals surface area contributed by atoms with Gasteiger partial charge < -0.3 is 15.2 Å². The highest BCUT2D eigenvalue weighted by atomic mass is 19.3. The molecular weight excluding hydrogens is 330 g/mol. The zero-order chi connectivity index (χ0) is 17.7. The van der Waals surface area contributed by atoms with Gasteiger partial charge in [-0.2, -0.15) is 8.78 Å². The molecule has 2 rings (SSSR count). The lowest BCUT2D eigenvalue weighted by molar-refractivity contribution is -0.129. The minimum Gasteiger partial charge on any atom is -0.435 e. The molecule has 0 heterocycles. The molecule has 4 nitrogen and oxygen atoms in total. The summed E-state index contributed by atoms with van der Waals surface area (Å²) in [5.41, 5.74) is 0.423.